The quantitative estimate of drug-likeness (QED) is 0.865. The molecule has 0 aliphatic heterocycles. The highest BCUT2D eigenvalue weighted by Gasteiger charge is 2.30. The SMILES string of the molecule is NS(=O)(=O)c1ccc(CNC(=O)CC(F)(F)F)cc1. The van der Waals surface area contributed by atoms with Crippen molar-refractivity contribution in [1.29, 1.82) is 0 Å². The molecular formula is C10H11F3N2O3S. The smallest absolute Gasteiger partial charge is 0.352 e. The van der Waals surface area contributed by atoms with E-state index in [1.807, 2.05) is 0 Å². The summed E-state index contributed by atoms with van der Waals surface area (Å²) in [6, 6.07) is 5.13. The van der Waals surface area contributed by atoms with E-state index < -0.39 is 28.5 Å². The molecule has 3 N–H and O–H groups in total. The highest BCUT2D eigenvalue weighted by molar-refractivity contribution is 7.89. The Labute approximate surface area is 107 Å². The molecule has 0 aliphatic rings. The van der Waals surface area contributed by atoms with Gasteiger partial charge in [0.05, 0.1) is 4.90 Å². The molecule has 9 heteroatoms. The van der Waals surface area contributed by atoms with E-state index in [-0.39, 0.29) is 11.4 Å². The maximum absolute atomic E-state index is 11.9. The monoisotopic (exact) mass is 296 g/mol. The topological polar surface area (TPSA) is 89.3 Å². The highest BCUT2D eigenvalue weighted by Crippen LogP contribution is 2.19. The van der Waals surface area contributed by atoms with Crippen molar-refractivity contribution in [3.8, 4) is 0 Å². The van der Waals surface area contributed by atoms with E-state index in [0.717, 1.165) is 0 Å². The first kappa shape index (κ1) is 15.4. The first-order valence-electron chi connectivity index (χ1n) is 5.03. The van der Waals surface area contributed by atoms with Crippen LogP contribution in [0.5, 0.6) is 0 Å². The first-order valence-corrected chi connectivity index (χ1v) is 6.58. The minimum atomic E-state index is -4.55. The van der Waals surface area contributed by atoms with Gasteiger partial charge in [0.15, 0.2) is 0 Å². The fourth-order valence-electron chi connectivity index (χ4n) is 1.24. The zero-order valence-electron chi connectivity index (χ0n) is 9.57. The van der Waals surface area contributed by atoms with Crippen LogP contribution in [0.15, 0.2) is 29.2 Å². The number of alkyl halides is 3. The largest absolute Gasteiger partial charge is 0.397 e. The molecule has 0 aliphatic carbocycles. The van der Waals surface area contributed by atoms with Crippen LogP contribution in [0, 0.1) is 0 Å². The Hall–Kier alpha value is -1.61. The Morgan fingerprint density at radius 2 is 1.74 bits per heavy atom. The van der Waals surface area contributed by atoms with Gasteiger partial charge in [0.2, 0.25) is 15.9 Å². The summed E-state index contributed by atoms with van der Waals surface area (Å²) in [5.41, 5.74) is 0.461. The molecule has 0 saturated heterocycles. The predicted molar refractivity (Wildman–Crippen MR) is 60.3 cm³/mol. The van der Waals surface area contributed by atoms with Crippen molar-refractivity contribution in [3.05, 3.63) is 29.8 Å². The number of nitrogens with two attached hydrogens (primary N) is 1. The number of sulfonamides is 1. The van der Waals surface area contributed by atoms with E-state index >= 15 is 0 Å². The van der Waals surface area contributed by atoms with Crippen LogP contribution in [0.25, 0.3) is 0 Å². The van der Waals surface area contributed by atoms with Crippen molar-refractivity contribution >= 4 is 15.9 Å². The van der Waals surface area contributed by atoms with Gasteiger partial charge in [0, 0.05) is 6.54 Å². The van der Waals surface area contributed by atoms with Crippen LogP contribution < -0.4 is 10.5 Å². The number of hydrogen-bond acceptors (Lipinski definition) is 3. The van der Waals surface area contributed by atoms with E-state index in [4.69, 9.17) is 5.14 Å². The Kier molecular flexibility index (Phi) is 4.53. The van der Waals surface area contributed by atoms with Gasteiger partial charge in [-0.2, -0.15) is 13.2 Å². The van der Waals surface area contributed by atoms with Gasteiger partial charge < -0.3 is 5.32 Å². The van der Waals surface area contributed by atoms with E-state index in [1.54, 1.807) is 0 Å². The second kappa shape index (κ2) is 5.57. The molecule has 0 aromatic heterocycles. The summed E-state index contributed by atoms with van der Waals surface area (Å²) in [7, 11) is -3.81. The maximum atomic E-state index is 11.9. The molecule has 1 aromatic carbocycles. The third-order valence-electron chi connectivity index (χ3n) is 2.10. The second-order valence-electron chi connectivity index (χ2n) is 3.76. The molecule has 106 valence electrons. The third kappa shape index (κ3) is 5.71. The molecule has 0 radical (unpaired) electrons. The van der Waals surface area contributed by atoms with E-state index in [0.29, 0.717) is 5.56 Å². The van der Waals surface area contributed by atoms with Gasteiger partial charge in [-0.05, 0) is 17.7 Å². The highest BCUT2D eigenvalue weighted by atomic mass is 32.2. The number of benzene rings is 1. The molecule has 1 amide bonds. The van der Waals surface area contributed by atoms with Gasteiger partial charge in [-0.25, -0.2) is 13.6 Å². The van der Waals surface area contributed by atoms with Crippen LogP contribution in [0.1, 0.15) is 12.0 Å². The predicted octanol–water partition coefficient (Wildman–Crippen LogP) is 0.903. The summed E-state index contributed by atoms with van der Waals surface area (Å²) >= 11 is 0. The number of hydrogen-bond donors (Lipinski definition) is 2. The zero-order valence-corrected chi connectivity index (χ0v) is 10.4. The number of nitrogens with one attached hydrogen (secondary N) is 1. The maximum Gasteiger partial charge on any atom is 0.397 e. The Morgan fingerprint density at radius 1 is 1.21 bits per heavy atom. The molecule has 0 atom stereocenters. The minimum absolute atomic E-state index is 0.113. The lowest BCUT2D eigenvalue weighted by Crippen LogP contribution is -2.28. The van der Waals surface area contributed by atoms with E-state index in [9.17, 15) is 26.4 Å². The lowest BCUT2D eigenvalue weighted by molar-refractivity contribution is -0.153. The molecule has 19 heavy (non-hydrogen) atoms. The van der Waals surface area contributed by atoms with Crippen LogP contribution >= 0.6 is 0 Å². The van der Waals surface area contributed by atoms with Gasteiger partial charge in [0.1, 0.15) is 6.42 Å². The molecule has 5 nitrogen and oxygen atoms in total. The fourth-order valence-corrected chi connectivity index (χ4v) is 1.76. The summed E-state index contributed by atoms with van der Waals surface area (Å²) in [6.45, 7) is -0.125. The number of carbonyl (C=O) groups is 1. The summed E-state index contributed by atoms with van der Waals surface area (Å²) in [4.78, 5) is 10.8. The van der Waals surface area contributed by atoms with Crippen LogP contribution in [0.2, 0.25) is 0 Å². The minimum Gasteiger partial charge on any atom is -0.352 e. The zero-order chi connectivity index (χ0) is 14.7. The van der Waals surface area contributed by atoms with Gasteiger partial charge in [-0.1, -0.05) is 12.1 Å². The molecule has 1 aromatic rings. The van der Waals surface area contributed by atoms with Crippen LogP contribution in [-0.2, 0) is 21.4 Å². The van der Waals surface area contributed by atoms with Crippen molar-refractivity contribution < 1.29 is 26.4 Å². The molecule has 0 heterocycles. The number of primary sulfonamides is 1. The summed E-state index contributed by atoms with van der Waals surface area (Å²) in [6.07, 6.45) is -6.11. The van der Waals surface area contributed by atoms with Crippen LogP contribution in [0.3, 0.4) is 0 Å². The van der Waals surface area contributed by atoms with Gasteiger partial charge in [0.25, 0.3) is 0 Å². The summed E-state index contributed by atoms with van der Waals surface area (Å²) < 4.78 is 57.5. The van der Waals surface area contributed by atoms with Crippen molar-refractivity contribution in [1.82, 2.24) is 5.32 Å². The Balaban J connectivity index is 2.58. The second-order valence-corrected chi connectivity index (χ2v) is 5.32. The van der Waals surface area contributed by atoms with Gasteiger partial charge in [-0.15, -0.1) is 0 Å². The fraction of sp³-hybridized carbons (Fsp3) is 0.300. The first-order chi connectivity index (χ1) is 8.58. The van der Waals surface area contributed by atoms with Crippen molar-refractivity contribution in [2.45, 2.75) is 24.0 Å². The van der Waals surface area contributed by atoms with Gasteiger partial charge in [-0.3, -0.25) is 4.79 Å². The molecule has 0 saturated carbocycles. The molecule has 0 fully saturated rings. The van der Waals surface area contributed by atoms with Crippen molar-refractivity contribution in [3.63, 3.8) is 0 Å². The summed E-state index contributed by atoms with van der Waals surface area (Å²) in [5, 5.41) is 6.95. The van der Waals surface area contributed by atoms with Crippen molar-refractivity contribution in [2.24, 2.45) is 5.14 Å². The number of carbonyl (C=O) groups excluding carboxylic acids is 1. The Morgan fingerprint density at radius 3 is 2.16 bits per heavy atom. The number of rotatable bonds is 4. The molecule has 0 spiro atoms. The molecule has 0 bridgehead atoms. The lowest BCUT2D eigenvalue weighted by atomic mass is 10.2. The molecular weight excluding hydrogens is 285 g/mol. The number of halogens is 3. The summed E-state index contributed by atoms with van der Waals surface area (Å²) in [5.74, 6) is -1.15. The van der Waals surface area contributed by atoms with Gasteiger partial charge >= 0.3 is 6.18 Å². The third-order valence-corrected chi connectivity index (χ3v) is 3.03. The Bertz CT molecular complexity index is 552. The molecule has 1 rings (SSSR count). The van der Waals surface area contributed by atoms with E-state index in [1.165, 1.54) is 24.3 Å². The standard InChI is InChI=1S/C10H11F3N2O3S/c11-10(12,13)5-9(16)15-6-7-1-3-8(4-2-7)19(14,17)18/h1-4H,5-6H2,(H,15,16)(H2,14,17,18). The average Bonchev–Trinajstić information content (AvgIpc) is 2.23. The van der Waals surface area contributed by atoms with Crippen LogP contribution in [0.4, 0.5) is 13.2 Å². The number of amides is 1. The lowest BCUT2D eigenvalue weighted by Gasteiger charge is -2.08. The van der Waals surface area contributed by atoms with Crippen LogP contribution in [-0.4, -0.2) is 20.5 Å². The average molecular weight is 296 g/mol. The van der Waals surface area contributed by atoms with Crippen molar-refractivity contribution in [2.75, 3.05) is 0 Å². The van der Waals surface area contributed by atoms with E-state index in [2.05, 4.69) is 5.32 Å². The molecule has 0 unspecified atom stereocenters. The normalized spacial score (nSPS) is 12.2.